The molecule has 2 aromatic carbocycles. The van der Waals surface area contributed by atoms with Gasteiger partial charge in [-0.25, -0.2) is 4.79 Å². The fraction of sp³-hybridized carbons (Fsp3) is 0.468. The van der Waals surface area contributed by atoms with Crippen LogP contribution in [0, 0.1) is 40.7 Å². The number of alkyl carbamates (subject to hydrolysis) is 1. The van der Waals surface area contributed by atoms with Gasteiger partial charge in [-0.1, -0.05) is 58.1 Å². The van der Waals surface area contributed by atoms with Crippen molar-refractivity contribution in [3.63, 3.8) is 0 Å². The van der Waals surface area contributed by atoms with E-state index in [1.54, 1.807) is 38.7 Å². The van der Waals surface area contributed by atoms with Gasteiger partial charge in [0.15, 0.2) is 0 Å². The van der Waals surface area contributed by atoms with Crippen LogP contribution >= 0.6 is 0 Å². The fourth-order valence-electron chi connectivity index (χ4n) is 8.65. The van der Waals surface area contributed by atoms with Crippen LogP contribution in [0.1, 0.15) is 83.7 Å². The van der Waals surface area contributed by atoms with E-state index in [4.69, 9.17) is 23.7 Å². The monoisotopic (exact) mass is 916 g/mol. The van der Waals surface area contributed by atoms with Crippen molar-refractivity contribution in [2.75, 3.05) is 33.4 Å². The molecular weight excluding hydrogens is 861 g/mol. The van der Waals surface area contributed by atoms with Crippen LogP contribution in [-0.4, -0.2) is 118 Å². The lowest BCUT2D eigenvalue weighted by atomic mass is 9.78. The summed E-state index contributed by atoms with van der Waals surface area (Å²) in [6, 6.07) is 5.57. The SMILES string of the molecule is CO[C@H]1C=CO[C@@]2(C)Oc3c(C)c(O)c4c(c3C2=O)C(=O)C(N2CCOCC2)=C(NC(=O)C(C)=CC=C[C@H](C)[C@H](O)[C@@H](C)[C@@H](O)[C@@H](C)[C@H](OC(=O)NCc2ccc([N+](=O)[O-])cc2)[C@@H]1C)C4=O. The molecule has 0 unspecified atom stereocenters. The minimum atomic E-state index is -2.14. The predicted octanol–water partition coefficient (Wildman–Crippen LogP) is 4.56. The lowest BCUT2D eigenvalue weighted by Gasteiger charge is -2.38. The van der Waals surface area contributed by atoms with E-state index >= 15 is 0 Å². The van der Waals surface area contributed by atoms with Crippen molar-refractivity contribution >= 4 is 35.0 Å². The smallest absolute Gasteiger partial charge is 0.407 e. The Labute approximate surface area is 381 Å². The first-order valence-corrected chi connectivity index (χ1v) is 21.6. The number of nitro groups is 1. The second kappa shape index (κ2) is 20.0. The number of aromatic hydroxyl groups is 1. The van der Waals surface area contributed by atoms with Crippen LogP contribution in [0.25, 0.3) is 0 Å². The molecule has 1 fully saturated rings. The van der Waals surface area contributed by atoms with Gasteiger partial charge in [0.1, 0.15) is 29.0 Å². The summed E-state index contributed by atoms with van der Waals surface area (Å²) < 4.78 is 29.4. The van der Waals surface area contributed by atoms with Gasteiger partial charge in [0.05, 0.1) is 59.4 Å². The van der Waals surface area contributed by atoms with E-state index in [1.165, 1.54) is 70.4 Å². The summed E-state index contributed by atoms with van der Waals surface area (Å²) in [5.74, 6) is -9.27. The molecule has 19 heteroatoms. The number of aliphatic hydroxyl groups is 2. The lowest BCUT2D eigenvalue weighted by Crippen LogP contribution is -2.47. The molecule has 5 N–H and O–H groups in total. The molecule has 1 aliphatic carbocycles. The molecule has 354 valence electrons. The highest BCUT2D eigenvalue weighted by atomic mass is 16.7. The van der Waals surface area contributed by atoms with Gasteiger partial charge in [-0.05, 0) is 25.5 Å². The number of morpholine rings is 1. The maximum atomic E-state index is 14.8. The number of amides is 2. The maximum absolute atomic E-state index is 14.8. The third-order valence-corrected chi connectivity index (χ3v) is 12.8. The van der Waals surface area contributed by atoms with E-state index in [2.05, 4.69) is 10.6 Å². The second-order valence-corrected chi connectivity index (χ2v) is 17.2. The van der Waals surface area contributed by atoms with Gasteiger partial charge >= 0.3 is 11.9 Å². The van der Waals surface area contributed by atoms with Crippen LogP contribution in [0.15, 0.2) is 71.8 Å². The number of benzene rings is 2. The third kappa shape index (κ3) is 9.60. The molecule has 0 spiro atoms. The number of carbonyl (C=O) groups excluding carboxylic acids is 5. The number of methoxy groups -OCH3 is 1. The largest absolute Gasteiger partial charge is 0.507 e. The first kappa shape index (κ1) is 49.0. The molecule has 0 saturated carbocycles. The third-order valence-electron chi connectivity index (χ3n) is 12.8. The van der Waals surface area contributed by atoms with Crippen molar-refractivity contribution in [1.82, 2.24) is 15.5 Å². The van der Waals surface area contributed by atoms with Gasteiger partial charge in [-0.15, -0.1) is 0 Å². The molecule has 4 heterocycles. The van der Waals surface area contributed by atoms with Gasteiger partial charge in [-0.2, -0.15) is 0 Å². The van der Waals surface area contributed by atoms with Gasteiger partial charge in [0, 0.05) is 80.6 Å². The fourth-order valence-corrected chi connectivity index (χ4v) is 8.65. The highest BCUT2D eigenvalue weighted by molar-refractivity contribution is 6.32. The van der Waals surface area contributed by atoms with Crippen molar-refractivity contribution < 1.29 is 67.9 Å². The molecular formula is C47H56N4O15. The van der Waals surface area contributed by atoms with Crippen LogP contribution in [0.4, 0.5) is 10.5 Å². The van der Waals surface area contributed by atoms with E-state index in [0.29, 0.717) is 5.56 Å². The predicted molar refractivity (Wildman–Crippen MR) is 235 cm³/mol. The van der Waals surface area contributed by atoms with E-state index in [1.807, 2.05) is 0 Å². The zero-order valence-corrected chi connectivity index (χ0v) is 38.0. The van der Waals surface area contributed by atoms with E-state index in [0.717, 1.165) is 6.26 Å². The Kier molecular flexibility index (Phi) is 14.9. The summed E-state index contributed by atoms with van der Waals surface area (Å²) in [6.07, 6.45) is 1.84. The summed E-state index contributed by atoms with van der Waals surface area (Å²) in [4.78, 5) is 83.1. The van der Waals surface area contributed by atoms with Crippen LogP contribution < -0.4 is 15.4 Å². The van der Waals surface area contributed by atoms with Crippen molar-refractivity contribution in [2.24, 2.45) is 23.7 Å². The van der Waals surface area contributed by atoms with Crippen molar-refractivity contribution in [1.29, 1.82) is 0 Å². The van der Waals surface area contributed by atoms with Crippen LogP contribution in [0.3, 0.4) is 0 Å². The second-order valence-electron chi connectivity index (χ2n) is 17.2. The minimum Gasteiger partial charge on any atom is -0.507 e. The number of non-ortho nitro benzene ring substituents is 1. The molecule has 2 aromatic rings. The highest BCUT2D eigenvalue weighted by Gasteiger charge is 2.53. The topological polar surface area (TPSA) is 263 Å². The van der Waals surface area contributed by atoms with Crippen LogP contribution in [0.2, 0.25) is 0 Å². The number of aliphatic hydroxyl groups excluding tert-OH is 2. The molecule has 0 radical (unpaired) electrons. The molecule has 1 saturated heterocycles. The molecule has 2 amide bonds. The van der Waals surface area contributed by atoms with Gasteiger partial charge in [0.2, 0.25) is 11.6 Å². The number of phenols is 1. The average molecular weight is 917 g/mol. The zero-order chi connectivity index (χ0) is 48.4. The van der Waals surface area contributed by atoms with E-state index < -0.39 is 111 Å². The van der Waals surface area contributed by atoms with E-state index in [9.17, 15) is 49.4 Å². The molecule has 4 aliphatic heterocycles. The molecule has 66 heavy (non-hydrogen) atoms. The Morgan fingerprint density at radius 1 is 0.955 bits per heavy atom. The Balaban J connectivity index is 1.40. The summed E-state index contributed by atoms with van der Waals surface area (Å²) in [5, 5.41) is 51.2. The summed E-state index contributed by atoms with van der Waals surface area (Å²) in [6.45, 7) is 11.6. The Bertz CT molecular complexity index is 2400. The van der Waals surface area contributed by atoms with Crippen molar-refractivity contribution in [3.8, 4) is 11.5 Å². The number of hydrogen-bond donors (Lipinski definition) is 5. The van der Waals surface area contributed by atoms with Gasteiger partial charge < -0.3 is 54.5 Å². The first-order chi connectivity index (χ1) is 31.2. The quantitative estimate of drug-likeness (QED) is 0.196. The normalized spacial score (nSPS) is 28.6. The highest BCUT2D eigenvalue weighted by Crippen LogP contribution is 2.49. The summed E-state index contributed by atoms with van der Waals surface area (Å²) in [5.41, 5.74) is -1.27. The maximum Gasteiger partial charge on any atom is 0.407 e. The number of allylic oxidation sites excluding steroid dienone is 4. The number of Topliss-reactive ketones (excluding diaryl/α,β-unsaturated/α-hetero) is 3. The van der Waals surface area contributed by atoms with Gasteiger partial charge in [0.25, 0.3) is 17.4 Å². The average Bonchev–Trinajstić information content (AvgIpc) is 3.56. The number of nitro benzene ring substituents is 1. The zero-order valence-electron chi connectivity index (χ0n) is 38.0. The van der Waals surface area contributed by atoms with Crippen molar-refractivity contribution in [3.05, 3.63) is 110 Å². The number of nitrogens with one attached hydrogen (secondary N) is 2. The standard InChI is InChI=1S/C47H56N4O15/c1-23-10-9-11-24(2)45(58)49-35-36(50-17-20-63-21-18-50)41(56)32-33(40(35)55)39(54)28(6)43-34(32)44(57)47(7,66-43)64-19-16-31(62-8)25(3)42(27(5)38(53)26(4)37(23)52)65-46(59)48-22-29-12-14-30(15-13-29)51(60)61/h9-16,19,23,25-27,31,37-38,42,52-54H,17-18,20-22H2,1-8H3,(H,48,59)(H,49,58)/t23-,25+,26+,27+,31-,37-,38+,42+,47-/m0/s1. The number of ketones is 3. The molecule has 0 aromatic heterocycles. The van der Waals surface area contributed by atoms with Crippen LogP contribution in [-0.2, 0) is 30.3 Å². The molecule has 19 nitrogen and oxygen atoms in total. The first-order valence-electron chi connectivity index (χ1n) is 21.6. The number of hydrogen-bond acceptors (Lipinski definition) is 16. The Morgan fingerprint density at radius 3 is 2.26 bits per heavy atom. The molecule has 5 bridgehead atoms. The summed E-state index contributed by atoms with van der Waals surface area (Å²) in [7, 11) is 1.38. The molecule has 9 atom stereocenters. The number of carbonyl (C=O) groups is 5. The minimum absolute atomic E-state index is 0.0323. The number of ether oxygens (including phenoxy) is 5. The van der Waals surface area contributed by atoms with Crippen molar-refractivity contribution in [2.45, 2.75) is 85.2 Å². The lowest BCUT2D eigenvalue weighted by molar-refractivity contribution is -0.384. The Hall–Kier alpha value is -6.41. The Morgan fingerprint density at radius 2 is 1.62 bits per heavy atom. The number of phenolic OH excluding ortho intramolecular Hbond substituents is 1. The number of rotatable bonds is 6. The van der Waals surface area contributed by atoms with Crippen LogP contribution in [0.5, 0.6) is 11.5 Å². The molecule has 5 aliphatic rings. The number of nitrogens with zero attached hydrogens (tertiary/aromatic N) is 2. The van der Waals surface area contributed by atoms with E-state index in [-0.39, 0.29) is 66.7 Å². The number of fused-ring (bicyclic) bond motifs is 14. The summed E-state index contributed by atoms with van der Waals surface area (Å²) >= 11 is 0. The van der Waals surface area contributed by atoms with Gasteiger partial charge in [-0.3, -0.25) is 29.3 Å². The molecule has 7 rings (SSSR count).